The van der Waals surface area contributed by atoms with Gasteiger partial charge in [-0.25, -0.2) is 9.37 Å². The maximum atomic E-state index is 16.1. The van der Waals surface area contributed by atoms with E-state index in [1.807, 2.05) is 42.5 Å². The normalized spacial score (nSPS) is 11.2. The van der Waals surface area contributed by atoms with Gasteiger partial charge in [0.15, 0.2) is 11.6 Å². The first kappa shape index (κ1) is 24.2. The maximum Gasteiger partial charge on any atom is 0.228 e. The fourth-order valence-electron chi connectivity index (χ4n) is 4.74. The van der Waals surface area contributed by atoms with Crippen molar-refractivity contribution in [3.05, 3.63) is 103 Å². The third-order valence-corrected chi connectivity index (χ3v) is 6.63. The molecule has 198 valence electrons. The maximum absolute atomic E-state index is 16.1. The number of imidazole rings is 1. The van der Waals surface area contributed by atoms with E-state index in [0.29, 0.717) is 39.5 Å². The Bertz CT molecular complexity index is 2040. The van der Waals surface area contributed by atoms with Gasteiger partial charge in [0.2, 0.25) is 5.91 Å². The fraction of sp³-hybridized carbons (Fsp3) is 0.0333. The molecule has 10 nitrogen and oxygen atoms in total. The fourth-order valence-corrected chi connectivity index (χ4v) is 4.74. The summed E-state index contributed by atoms with van der Waals surface area (Å²) in [4.78, 5) is 37.6. The molecule has 3 N–H and O–H groups in total. The average Bonchev–Trinajstić information content (AvgIpc) is 3.63. The van der Waals surface area contributed by atoms with Crippen LogP contribution in [0.2, 0.25) is 0 Å². The van der Waals surface area contributed by atoms with Crippen molar-refractivity contribution in [1.82, 2.24) is 40.1 Å². The second-order valence-corrected chi connectivity index (χ2v) is 9.33. The molecule has 0 saturated carbocycles. The summed E-state index contributed by atoms with van der Waals surface area (Å²) in [5.74, 6) is -0.416. The van der Waals surface area contributed by atoms with Gasteiger partial charge in [-0.1, -0.05) is 30.3 Å². The van der Waals surface area contributed by atoms with Gasteiger partial charge in [0.25, 0.3) is 0 Å². The lowest BCUT2D eigenvalue weighted by Gasteiger charge is -2.08. The highest BCUT2D eigenvalue weighted by molar-refractivity contribution is 5.97. The van der Waals surface area contributed by atoms with Crippen molar-refractivity contribution in [2.24, 2.45) is 0 Å². The zero-order valence-electron chi connectivity index (χ0n) is 21.3. The molecule has 0 spiro atoms. The first-order valence-electron chi connectivity index (χ1n) is 12.7. The molecule has 0 bridgehead atoms. The molecule has 0 saturated heterocycles. The highest BCUT2D eigenvalue weighted by Crippen LogP contribution is 2.34. The Labute approximate surface area is 231 Å². The van der Waals surface area contributed by atoms with Gasteiger partial charge in [-0.05, 0) is 29.8 Å². The SMILES string of the molecule is O=C(Cc1ccccc1)Nc1cncc(-c2ncc3[nH]nc(-c4nc5c(-c6ccncc6)nccc5[nH]4)c3c2F)c1. The summed E-state index contributed by atoms with van der Waals surface area (Å²) >= 11 is 0. The van der Waals surface area contributed by atoms with Gasteiger partial charge in [0.1, 0.15) is 16.9 Å². The van der Waals surface area contributed by atoms with Crippen LogP contribution in [0.15, 0.2) is 91.8 Å². The number of halogens is 1. The average molecular weight is 542 g/mol. The lowest BCUT2D eigenvalue weighted by Crippen LogP contribution is -2.14. The van der Waals surface area contributed by atoms with E-state index < -0.39 is 5.82 Å². The molecular weight excluding hydrogens is 521 g/mol. The van der Waals surface area contributed by atoms with Crippen LogP contribution in [-0.4, -0.2) is 46.0 Å². The van der Waals surface area contributed by atoms with Crippen LogP contribution in [0, 0.1) is 5.82 Å². The molecule has 11 heteroatoms. The first-order valence-corrected chi connectivity index (χ1v) is 12.7. The Morgan fingerprint density at radius 1 is 0.829 bits per heavy atom. The number of rotatable bonds is 6. The number of pyridine rings is 4. The summed E-state index contributed by atoms with van der Waals surface area (Å²) in [6, 6.07) is 16.5. The summed E-state index contributed by atoms with van der Waals surface area (Å²) in [5.41, 5.74) is 5.40. The van der Waals surface area contributed by atoms with Crippen LogP contribution in [0.5, 0.6) is 0 Å². The number of fused-ring (bicyclic) bond motifs is 2. The van der Waals surface area contributed by atoms with Crippen LogP contribution in [-0.2, 0) is 11.2 Å². The van der Waals surface area contributed by atoms with Crippen LogP contribution in [0.4, 0.5) is 10.1 Å². The van der Waals surface area contributed by atoms with Crippen molar-refractivity contribution in [3.8, 4) is 34.0 Å². The van der Waals surface area contributed by atoms with Crippen LogP contribution >= 0.6 is 0 Å². The minimum absolute atomic E-state index is 0.0714. The molecule has 0 atom stereocenters. The van der Waals surface area contributed by atoms with E-state index in [1.165, 1.54) is 18.6 Å². The number of nitrogens with one attached hydrogen (secondary N) is 3. The lowest BCUT2D eigenvalue weighted by molar-refractivity contribution is -0.115. The van der Waals surface area contributed by atoms with E-state index in [9.17, 15) is 4.79 Å². The lowest BCUT2D eigenvalue weighted by atomic mass is 10.1. The summed E-state index contributed by atoms with van der Waals surface area (Å²) in [5, 5.41) is 10.3. The van der Waals surface area contributed by atoms with Crippen molar-refractivity contribution < 1.29 is 9.18 Å². The number of H-pyrrole nitrogens is 2. The van der Waals surface area contributed by atoms with Crippen molar-refractivity contribution in [1.29, 1.82) is 0 Å². The molecule has 0 radical (unpaired) electrons. The quantitative estimate of drug-likeness (QED) is 0.258. The number of aromatic nitrogens is 8. The van der Waals surface area contributed by atoms with Crippen molar-refractivity contribution in [3.63, 3.8) is 0 Å². The number of benzene rings is 1. The zero-order valence-corrected chi connectivity index (χ0v) is 21.3. The number of nitrogens with zero attached hydrogens (tertiary/aromatic N) is 6. The summed E-state index contributed by atoms with van der Waals surface area (Å²) < 4.78 is 16.1. The van der Waals surface area contributed by atoms with Gasteiger partial charge in [0, 0.05) is 35.9 Å². The molecule has 0 aliphatic carbocycles. The number of hydrogen-bond acceptors (Lipinski definition) is 7. The molecule has 0 fully saturated rings. The standard InChI is InChI=1S/C30H20FN9O/c31-25-24-22(16-35-26(25)19-13-20(15-33-14-19)36-23(41)12-17-4-2-1-3-5-17)39-40-29(24)30-37-21-8-11-34-27(28(21)38-30)18-6-9-32-10-7-18/h1-11,13-16H,12H2,(H,36,41)(H,37,38)(H,39,40). The predicted molar refractivity (Wildman–Crippen MR) is 152 cm³/mol. The van der Waals surface area contributed by atoms with Crippen LogP contribution in [0.3, 0.4) is 0 Å². The molecule has 1 amide bonds. The second kappa shape index (κ2) is 10.0. The minimum Gasteiger partial charge on any atom is -0.336 e. The van der Waals surface area contributed by atoms with Gasteiger partial charge in [-0.2, -0.15) is 5.10 Å². The molecule has 7 rings (SSSR count). The smallest absolute Gasteiger partial charge is 0.228 e. The van der Waals surface area contributed by atoms with Gasteiger partial charge in [-0.3, -0.25) is 29.8 Å². The van der Waals surface area contributed by atoms with Crippen molar-refractivity contribution in [2.45, 2.75) is 6.42 Å². The summed E-state index contributed by atoms with van der Waals surface area (Å²) in [6.07, 6.45) is 9.78. The number of anilines is 1. The molecular formula is C30H20FN9O. The molecule has 1 aromatic carbocycles. The number of amides is 1. The van der Waals surface area contributed by atoms with Crippen LogP contribution in [0.1, 0.15) is 5.56 Å². The topological polar surface area (TPSA) is 138 Å². The van der Waals surface area contributed by atoms with Crippen LogP contribution < -0.4 is 5.32 Å². The molecule has 41 heavy (non-hydrogen) atoms. The zero-order chi connectivity index (χ0) is 27.8. The second-order valence-electron chi connectivity index (χ2n) is 9.33. The van der Waals surface area contributed by atoms with E-state index >= 15 is 4.39 Å². The molecule has 6 aromatic heterocycles. The van der Waals surface area contributed by atoms with Gasteiger partial charge in [-0.15, -0.1) is 0 Å². The third-order valence-electron chi connectivity index (χ3n) is 6.63. The Morgan fingerprint density at radius 3 is 2.54 bits per heavy atom. The molecule has 0 unspecified atom stereocenters. The predicted octanol–water partition coefficient (Wildman–Crippen LogP) is 5.34. The number of carbonyl (C=O) groups is 1. The largest absolute Gasteiger partial charge is 0.336 e. The van der Waals surface area contributed by atoms with Gasteiger partial charge in [0.05, 0.1) is 46.6 Å². The minimum atomic E-state index is -0.589. The van der Waals surface area contributed by atoms with E-state index in [0.717, 1.165) is 16.6 Å². The third kappa shape index (κ3) is 4.55. The number of aromatic amines is 2. The Morgan fingerprint density at radius 2 is 1.68 bits per heavy atom. The van der Waals surface area contributed by atoms with E-state index in [-0.39, 0.29) is 23.4 Å². The Hall–Kier alpha value is -5.84. The Balaban J connectivity index is 1.24. The highest BCUT2D eigenvalue weighted by Gasteiger charge is 2.21. The van der Waals surface area contributed by atoms with Gasteiger partial charge < -0.3 is 10.3 Å². The summed E-state index contributed by atoms with van der Waals surface area (Å²) in [6.45, 7) is 0. The molecule has 7 aromatic rings. The van der Waals surface area contributed by atoms with Gasteiger partial charge >= 0.3 is 0 Å². The van der Waals surface area contributed by atoms with Crippen molar-refractivity contribution in [2.75, 3.05) is 5.32 Å². The Kier molecular flexibility index (Phi) is 5.93. The van der Waals surface area contributed by atoms with E-state index in [2.05, 4.69) is 40.4 Å². The number of hydrogen-bond donors (Lipinski definition) is 3. The molecule has 6 heterocycles. The first-order chi connectivity index (χ1) is 20.1. The van der Waals surface area contributed by atoms with Crippen molar-refractivity contribution >= 4 is 33.5 Å². The molecule has 0 aliphatic rings. The highest BCUT2D eigenvalue weighted by atomic mass is 19.1. The van der Waals surface area contributed by atoms with E-state index in [4.69, 9.17) is 4.98 Å². The van der Waals surface area contributed by atoms with E-state index in [1.54, 1.807) is 30.7 Å². The monoisotopic (exact) mass is 541 g/mol. The number of carbonyl (C=O) groups excluding carboxylic acids is 1. The summed E-state index contributed by atoms with van der Waals surface area (Å²) in [7, 11) is 0. The molecule has 0 aliphatic heterocycles. The van der Waals surface area contributed by atoms with Crippen LogP contribution in [0.25, 0.3) is 56.0 Å².